The summed E-state index contributed by atoms with van der Waals surface area (Å²) in [6.07, 6.45) is -8.90. The van der Waals surface area contributed by atoms with E-state index in [0.717, 1.165) is 12.1 Å². The molecule has 3 aromatic rings. The molecule has 0 N–H and O–H groups in total. The summed E-state index contributed by atoms with van der Waals surface area (Å²) in [5, 5.41) is 3.63. The highest BCUT2D eigenvalue weighted by Gasteiger charge is 2.62. The van der Waals surface area contributed by atoms with Crippen molar-refractivity contribution in [2.24, 2.45) is 5.16 Å². The number of benzene rings is 2. The van der Waals surface area contributed by atoms with Crippen LogP contribution >= 0.6 is 23.2 Å². The van der Waals surface area contributed by atoms with Gasteiger partial charge in [-0.2, -0.15) is 26.3 Å². The number of carbonyl (C=O) groups is 1. The summed E-state index contributed by atoms with van der Waals surface area (Å²) in [7, 11) is 0. The number of aromatic nitrogens is 1. The van der Waals surface area contributed by atoms with Crippen LogP contribution in [-0.2, 0) is 17.0 Å². The lowest BCUT2D eigenvalue weighted by molar-refractivity contribution is -0.275. The Labute approximate surface area is 229 Å². The van der Waals surface area contributed by atoms with Crippen LogP contribution < -0.4 is 0 Å². The van der Waals surface area contributed by atoms with Crippen LogP contribution in [0.15, 0.2) is 65.9 Å². The topological polar surface area (TPSA) is 54.8 Å². The standard InChI is InChI=1S/C26H19Cl2F6N3O2/c1-15-8-16(22-12-24(39-36-22,26(32,33)34)17-9-18(27)11-19(28)10-17)5-6-21(15)23(38)37(14-25(29,30)31)13-20-4-2-3-7-35-20/h2-11H,12-14H2,1H3. The Bertz CT molecular complexity index is 1390. The lowest BCUT2D eigenvalue weighted by Gasteiger charge is -2.29. The van der Waals surface area contributed by atoms with Crippen LogP contribution in [0.1, 0.15) is 39.2 Å². The molecular formula is C26H19Cl2F6N3O2. The fourth-order valence-electron chi connectivity index (χ4n) is 4.20. The first-order valence-electron chi connectivity index (χ1n) is 11.3. The maximum atomic E-state index is 14.3. The van der Waals surface area contributed by atoms with E-state index in [1.807, 2.05) is 0 Å². The first-order valence-corrected chi connectivity index (χ1v) is 12.1. The Hall–Kier alpha value is -3.31. The largest absolute Gasteiger partial charge is 0.435 e. The Morgan fingerprint density at radius 1 is 1.03 bits per heavy atom. The first kappa shape index (κ1) is 28.7. The first-order chi connectivity index (χ1) is 18.2. The van der Waals surface area contributed by atoms with Crippen LogP contribution in [0.25, 0.3) is 0 Å². The predicted octanol–water partition coefficient (Wildman–Crippen LogP) is 7.48. The molecule has 0 fully saturated rings. The van der Waals surface area contributed by atoms with Crippen molar-refractivity contribution >= 4 is 34.8 Å². The second kappa shape index (κ2) is 10.7. The third kappa shape index (κ3) is 6.30. The van der Waals surface area contributed by atoms with Crippen LogP contribution in [-0.4, -0.2) is 40.4 Å². The zero-order valence-corrected chi connectivity index (χ0v) is 21.6. The number of hydrogen-bond donors (Lipinski definition) is 0. The molecule has 39 heavy (non-hydrogen) atoms. The van der Waals surface area contributed by atoms with Gasteiger partial charge in [0.15, 0.2) is 0 Å². The van der Waals surface area contributed by atoms with E-state index in [0.29, 0.717) is 4.90 Å². The molecule has 206 valence electrons. The number of rotatable bonds is 6. The number of alkyl halides is 6. The SMILES string of the molecule is Cc1cc(C2=NOC(c3cc(Cl)cc(Cl)c3)(C(F)(F)F)C2)ccc1C(=O)N(Cc1ccccn1)CC(F)(F)F. The molecule has 1 aromatic heterocycles. The molecule has 0 spiro atoms. The van der Waals surface area contributed by atoms with Gasteiger partial charge in [0.2, 0.25) is 0 Å². The van der Waals surface area contributed by atoms with Gasteiger partial charge in [-0.3, -0.25) is 9.78 Å². The zero-order valence-electron chi connectivity index (χ0n) is 20.1. The quantitative estimate of drug-likeness (QED) is 0.280. The molecule has 1 unspecified atom stereocenters. The van der Waals surface area contributed by atoms with Gasteiger partial charge >= 0.3 is 12.4 Å². The second-order valence-electron chi connectivity index (χ2n) is 8.92. The molecule has 5 nitrogen and oxygen atoms in total. The molecule has 4 rings (SSSR count). The van der Waals surface area contributed by atoms with Crippen LogP contribution in [0, 0.1) is 6.92 Å². The van der Waals surface area contributed by atoms with E-state index in [9.17, 15) is 31.1 Å². The van der Waals surface area contributed by atoms with Gasteiger partial charge in [0.25, 0.3) is 11.5 Å². The van der Waals surface area contributed by atoms with Crippen molar-refractivity contribution in [1.29, 1.82) is 0 Å². The molecule has 1 atom stereocenters. The van der Waals surface area contributed by atoms with Crippen molar-refractivity contribution in [3.8, 4) is 0 Å². The minimum atomic E-state index is -4.90. The van der Waals surface area contributed by atoms with Gasteiger partial charge in [-0.25, -0.2) is 0 Å². The van der Waals surface area contributed by atoms with Crippen LogP contribution in [0.3, 0.4) is 0 Å². The third-order valence-electron chi connectivity index (χ3n) is 6.04. The minimum absolute atomic E-state index is 0.0222. The molecule has 0 saturated heterocycles. The van der Waals surface area contributed by atoms with Crippen molar-refractivity contribution in [1.82, 2.24) is 9.88 Å². The molecule has 13 heteroatoms. The highest BCUT2D eigenvalue weighted by molar-refractivity contribution is 6.34. The number of carbonyl (C=O) groups excluding carboxylic acids is 1. The van der Waals surface area contributed by atoms with E-state index in [1.54, 1.807) is 12.1 Å². The van der Waals surface area contributed by atoms with Crippen molar-refractivity contribution in [3.05, 3.63) is 98.8 Å². The Balaban J connectivity index is 1.62. The van der Waals surface area contributed by atoms with Crippen LogP contribution in [0.5, 0.6) is 0 Å². The van der Waals surface area contributed by atoms with Gasteiger partial charge in [0, 0.05) is 33.8 Å². The maximum absolute atomic E-state index is 14.3. The van der Waals surface area contributed by atoms with Gasteiger partial charge in [-0.15, -0.1) is 0 Å². The van der Waals surface area contributed by atoms with E-state index in [-0.39, 0.29) is 43.7 Å². The van der Waals surface area contributed by atoms with Gasteiger partial charge in [0.05, 0.1) is 18.0 Å². The van der Waals surface area contributed by atoms with Gasteiger partial charge in [-0.1, -0.05) is 40.5 Å². The second-order valence-corrected chi connectivity index (χ2v) is 9.79. The number of hydrogen-bond acceptors (Lipinski definition) is 4. The number of halogens is 8. The lowest BCUT2D eigenvalue weighted by Crippen LogP contribution is -2.42. The Kier molecular flexibility index (Phi) is 7.86. The van der Waals surface area contributed by atoms with E-state index in [1.165, 1.54) is 43.5 Å². The monoisotopic (exact) mass is 589 g/mol. The van der Waals surface area contributed by atoms with E-state index < -0.39 is 43.4 Å². The van der Waals surface area contributed by atoms with Crippen molar-refractivity contribution in [2.45, 2.75) is 37.8 Å². The highest BCUT2D eigenvalue weighted by Crippen LogP contribution is 2.49. The van der Waals surface area contributed by atoms with Crippen molar-refractivity contribution < 1.29 is 36.0 Å². The molecule has 1 aliphatic rings. The number of nitrogens with zero attached hydrogens (tertiary/aromatic N) is 3. The average Bonchev–Trinajstić information content (AvgIpc) is 3.30. The summed E-state index contributed by atoms with van der Waals surface area (Å²) in [5.41, 5.74) is -2.63. The number of amides is 1. The fourth-order valence-corrected chi connectivity index (χ4v) is 4.73. The van der Waals surface area contributed by atoms with Gasteiger partial charge < -0.3 is 9.74 Å². The van der Waals surface area contributed by atoms with Crippen LogP contribution in [0.2, 0.25) is 10.0 Å². The van der Waals surface area contributed by atoms with E-state index in [4.69, 9.17) is 28.0 Å². The summed E-state index contributed by atoms with van der Waals surface area (Å²) in [4.78, 5) is 22.7. The summed E-state index contributed by atoms with van der Waals surface area (Å²) in [5.74, 6) is -0.912. The summed E-state index contributed by atoms with van der Waals surface area (Å²) < 4.78 is 82.6. The highest BCUT2D eigenvalue weighted by atomic mass is 35.5. The molecule has 1 aliphatic heterocycles. The molecule has 0 bridgehead atoms. The molecule has 0 radical (unpaired) electrons. The van der Waals surface area contributed by atoms with E-state index >= 15 is 0 Å². The zero-order chi connectivity index (χ0) is 28.6. The lowest BCUT2D eigenvalue weighted by atomic mass is 9.86. The normalized spacial score (nSPS) is 17.5. The van der Waals surface area contributed by atoms with Crippen molar-refractivity contribution in [3.63, 3.8) is 0 Å². The average molecular weight is 590 g/mol. The van der Waals surface area contributed by atoms with Crippen LogP contribution in [0.4, 0.5) is 26.3 Å². The summed E-state index contributed by atoms with van der Waals surface area (Å²) in [6.45, 7) is -0.439. The Morgan fingerprint density at radius 2 is 1.72 bits per heavy atom. The number of aryl methyl sites for hydroxylation is 1. The molecule has 0 aliphatic carbocycles. The summed E-state index contributed by atoms with van der Waals surface area (Å²) in [6, 6.07) is 12.1. The molecular weight excluding hydrogens is 571 g/mol. The molecule has 0 saturated carbocycles. The molecule has 2 heterocycles. The minimum Gasteiger partial charge on any atom is -0.374 e. The summed E-state index contributed by atoms with van der Waals surface area (Å²) >= 11 is 11.8. The molecule has 1 amide bonds. The van der Waals surface area contributed by atoms with Crippen molar-refractivity contribution in [2.75, 3.05) is 6.54 Å². The smallest absolute Gasteiger partial charge is 0.374 e. The van der Waals surface area contributed by atoms with Gasteiger partial charge in [-0.05, 0) is 60.5 Å². The Morgan fingerprint density at radius 3 is 2.28 bits per heavy atom. The predicted molar refractivity (Wildman–Crippen MR) is 133 cm³/mol. The number of pyridine rings is 1. The van der Waals surface area contributed by atoms with E-state index in [2.05, 4.69) is 10.1 Å². The number of oxime groups is 1. The van der Waals surface area contributed by atoms with Gasteiger partial charge in [0.1, 0.15) is 6.54 Å². The third-order valence-corrected chi connectivity index (χ3v) is 6.48. The maximum Gasteiger partial charge on any atom is 0.435 e. The molecule has 2 aromatic carbocycles. The fraction of sp³-hybridized carbons (Fsp3) is 0.269.